The number of ether oxygens (including phenoxy) is 1. The highest BCUT2D eigenvalue weighted by atomic mass is 19.1. The summed E-state index contributed by atoms with van der Waals surface area (Å²) in [4.78, 5) is 11.9. The van der Waals surface area contributed by atoms with Crippen LogP contribution in [0.2, 0.25) is 0 Å². The summed E-state index contributed by atoms with van der Waals surface area (Å²) in [6.45, 7) is 2.80. The zero-order chi connectivity index (χ0) is 13.7. The van der Waals surface area contributed by atoms with Gasteiger partial charge in [-0.2, -0.15) is 0 Å². The number of hydrogen-bond donors (Lipinski definition) is 1. The second-order valence-corrected chi connectivity index (χ2v) is 3.89. The Morgan fingerprint density at radius 3 is 2.89 bits per heavy atom. The predicted molar refractivity (Wildman–Crippen MR) is 70.6 cm³/mol. The third kappa shape index (κ3) is 2.78. The number of rotatable bonds is 5. The van der Waals surface area contributed by atoms with Crippen LogP contribution in [0.15, 0.2) is 24.8 Å². The molecule has 0 aliphatic rings. The number of nitrogens with one attached hydrogen (secondary N) is 1. The molecule has 2 aromatic rings. The Morgan fingerprint density at radius 2 is 2.21 bits per heavy atom. The van der Waals surface area contributed by atoms with Crippen LogP contribution in [0, 0.1) is 5.82 Å². The van der Waals surface area contributed by atoms with Crippen LogP contribution in [0.1, 0.15) is 13.3 Å². The molecule has 0 spiro atoms. The lowest BCUT2D eigenvalue weighted by molar-refractivity contribution is 0.414. The first-order chi connectivity index (χ1) is 9.27. The van der Waals surface area contributed by atoms with E-state index in [0.717, 1.165) is 19.2 Å². The van der Waals surface area contributed by atoms with Crippen molar-refractivity contribution in [3.05, 3.63) is 30.6 Å². The molecule has 2 heterocycles. The third-order valence-corrected chi connectivity index (χ3v) is 2.58. The fourth-order valence-corrected chi connectivity index (χ4v) is 1.70. The minimum absolute atomic E-state index is 0.341. The Labute approximate surface area is 110 Å². The molecule has 0 saturated heterocycles. The van der Waals surface area contributed by atoms with Gasteiger partial charge in [0.2, 0.25) is 0 Å². The van der Waals surface area contributed by atoms with Gasteiger partial charge in [0, 0.05) is 18.3 Å². The highest BCUT2D eigenvalue weighted by Crippen LogP contribution is 2.33. The van der Waals surface area contributed by atoms with Crippen LogP contribution in [0.5, 0.6) is 5.75 Å². The van der Waals surface area contributed by atoms with Gasteiger partial charge in [-0.25, -0.2) is 14.4 Å². The summed E-state index contributed by atoms with van der Waals surface area (Å²) in [5, 5.41) is 3.13. The van der Waals surface area contributed by atoms with Gasteiger partial charge < -0.3 is 10.1 Å². The topological polar surface area (TPSA) is 59.9 Å². The van der Waals surface area contributed by atoms with Crippen molar-refractivity contribution in [2.45, 2.75) is 13.3 Å². The summed E-state index contributed by atoms with van der Waals surface area (Å²) in [6, 6.07) is 1.56. The van der Waals surface area contributed by atoms with E-state index in [4.69, 9.17) is 4.74 Å². The molecule has 0 aliphatic heterocycles. The van der Waals surface area contributed by atoms with Crippen molar-refractivity contribution in [3.8, 4) is 17.0 Å². The van der Waals surface area contributed by atoms with Crippen molar-refractivity contribution in [1.29, 1.82) is 0 Å². The molecule has 1 N–H and O–H groups in total. The molecule has 0 saturated carbocycles. The summed E-state index contributed by atoms with van der Waals surface area (Å²) < 4.78 is 19.1. The van der Waals surface area contributed by atoms with Crippen LogP contribution in [0.3, 0.4) is 0 Å². The summed E-state index contributed by atoms with van der Waals surface area (Å²) in [6.07, 6.45) is 5.00. The van der Waals surface area contributed by atoms with Crippen LogP contribution < -0.4 is 10.1 Å². The van der Waals surface area contributed by atoms with E-state index in [1.165, 1.54) is 19.6 Å². The molecule has 5 nitrogen and oxygen atoms in total. The molecule has 100 valence electrons. The van der Waals surface area contributed by atoms with Crippen LogP contribution >= 0.6 is 0 Å². The van der Waals surface area contributed by atoms with Crippen LogP contribution in [-0.2, 0) is 0 Å². The Balaban J connectivity index is 2.49. The van der Waals surface area contributed by atoms with E-state index in [0.29, 0.717) is 22.8 Å². The number of pyridine rings is 1. The molecule has 19 heavy (non-hydrogen) atoms. The van der Waals surface area contributed by atoms with Crippen molar-refractivity contribution in [2.24, 2.45) is 0 Å². The zero-order valence-corrected chi connectivity index (χ0v) is 10.9. The second kappa shape index (κ2) is 6.08. The highest BCUT2D eigenvalue weighted by molar-refractivity contribution is 5.72. The second-order valence-electron chi connectivity index (χ2n) is 3.89. The molecule has 0 bridgehead atoms. The molecule has 6 heteroatoms. The lowest BCUT2D eigenvalue weighted by Gasteiger charge is -2.12. The monoisotopic (exact) mass is 262 g/mol. The standard InChI is InChI=1S/C13H15FN4O/c1-3-5-16-13-12(19-2)11(17-8-18-13)9-4-6-15-7-10(9)14/h4,6-8H,3,5H2,1-2H3,(H,16,17,18). The number of hydrogen-bond acceptors (Lipinski definition) is 5. The van der Waals surface area contributed by atoms with Gasteiger partial charge in [-0.1, -0.05) is 6.92 Å². The smallest absolute Gasteiger partial charge is 0.187 e. The normalized spacial score (nSPS) is 10.3. The average molecular weight is 262 g/mol. The van der Waals surface area contributed by atoms with E-state index in [1.807, 2.05) is 6.92 Å². The van der Waals surface area contributed by atoms with E-state index < -0.39 is 5.82 Å². The van der Waals surface area contributed by atoms with Gasteiger partial charge in [0.1, 0.15) is 12.0 Å². The van der Waals surface area contributed by atoms with Crippen LogP contribution in [0.4, 0.5) is 10.2 Å². The predicted octanol–water partition coefficient (Wildman–Crippen LogP) is 2.51. The Bertz CT molecular complexity index is 562. The number of methoxy groups -OCH3 is 1. The minimum Gasteiger partial charge on any atom is -0.491 e. The maximum absolute atomic E-state index is 13.8. The van der Waals surface area contributed by atoms with Crippen molar-refractivity contribution in [3.63, 3.8) is 0 Å². The lowest BCUT2D eigenvalue weighted by atomic mass is 10.1. The molecule has 0 radical (unpaired) electrons. The van der Waals surface area contributed by atoms with E-state index in [9.17, 15) is 4.39 Å². The average Bonchev–Trinajstić information content (AvgIpc) is 2.45. The fraction of sp³-hybridized carbons (Fsp3) is 0.308. The highest BCUT2D eigenvalue weighted by Gasteiger charge is 2.16. The molecule has 0 unspecified atom stereocenters. The van der Waals surface area contributed by atoms with Gasteiger partial charge in [0.05, 0.1) is 13.3 Å². The maximum Gasteiger partial charge on any atom is 0.187 e. The van der Waals surface area contributed by atoms with Gasteiger partial charge in [0.15, 0.2) is 17.4 Å². The van der Waals surface area contributed by atoms with Gasteiger partial charge >= 0.3 is 0 Å². The van der Waals surface area contributed by atoms with Gasteiger partial charge in [-0.3, -0.25) is 4.98 Å². The van der Waals surface area contributed by atoms with Crippen molar-refractivity contribution in [1.82, 2.24) is 15.0 Å². The summed E-state index contributed by atoms with van der Waals surface area (Å²) in [5.74, 6) is 0.549. The van der Waals surface area contributed by atoms with Crippen molar-refractivity contribution in [2.75, 3.05) is 19.0 Å². The Morgan fingerprint density at radius 1 is 1.37 bits per heavy atom. The SMILES string of the molecule is CCCNc1ncnc(-c2ccncc2F)c1OC. The largest absolute Gasteiger partial charge is 0.491 e. The van der Waals surface area contributed by atoms with Crippen LogP contribution in [0.25, 0.3) is 11.3 Å². The summed E-state index contributed by atoms with van der Waals surface area (Å²) in [7, 11) is 1.51. The van der Waals surface area contributed by atoms with Gasteiger partial charge in [0.25, 0.3) is 0 Å². The Kier molecular flexibility index (Phi) is 4.22. The van der Waals surface area contributed by atoms with Gasteiger partial charge in [-0.15, -0.1) is 0 Å². The number of aromatic nitrogens is 3. The quantitative estimate of drug-likeness (QED) is 0.897. The molecule has 2 rings (SSSR count). The van der Waals surface area contributed by atoms with Crippen molar-refractivity contribution < 1.29 is 9.13 Å². The first kappa shape index (κ1) is 13.2. The van der Waals surface area contributed by atoms with Crippen molar-refractivity contribution >= 4 is 5.82 Å². The Hall–Kier alpha value is -2.24. The first-order valence-electron chi connectivity index (χ1n) is 6.00. The maximum atomic E-state index is 13.8. The lowest BCUT2D eigenvalue weighted by Crippen LogP contribution is -2.06. The third-order valence-electron chi connectivity index (χ3n) is 2.58. The first-order valence-corrected chi connectivity index (χ1v) is 6.00. The molecular weight excluding hydrogens is 247 g/mol. The molecular formula is C13H15FN4O. The zero-order valence-electron chi connectivity index (χ0n) is 10.9. The molecule has 0 aromatic carbocycles. The fourth-order valence-electron chi connectivity index (χ4n) is 1.70. The van der Waals surface area contributed by atoms with E-state index >= 15 is 0 Å². The molecule has 0 atom stereocenters. The molecule has 0 amide bonds. The van der Waals surface area contributed by atoms with Crippen LogP contribution in [-0.4, -0.2) is 28.6 Å². The van der Waals surface area contributed by atoms with E-state index in [1.54, 1.807) is 6.07 Å². The minimum atomic E-state index is -0.444. The number of anilines is 1. The van der Waals surface area contributed by atoms with Gasteiger partial charge in [-0.05, 0) is 12.5 Å². The molecule has 0 fully saturated rings. The van der Waals surface area contributed by atoms with E-state index in [2.05, 4.69) is 20.3 Å². The number of nitrogens with zero attached hydrogens (tertiary/aromatic N) is 3. The van der Waals surface area contributed by atoms with E-state index in [-0.39, 0.29) is 0 Å². The molecule has 2 aromatic heterocycles. The summed E-state index contributed by atoms with van der Waals surface area (Å²) >= 11 is 0. The molecule has 0 aliphatic carbocycles. The summed E-state index contributed by atoms with van der Waals surface area (Å²) in [5.41, 5.74) is 0.754. The number of halogens is 1.